The largest absolute Gasteiger partial charge is 0.581 e. The first-order chi connectivity index (χ1) is 67.1. The van der Waals surface area contributed by atoms with Gasteiger partial charge < -0.3 is 80.0 Å². The maximum atomic E-state index is 4.87. The summed E-state index contributed by atoms with van der Waals surface area (Å²) in [6.07, 6.45) is 31.8. The molecule has 696 valence electrons. The molecule has 4 aliphatic carbocycles. The second-order valence-electron chi connectivity index (χ2n) is 33.1. The number of benzene rings is 4. The fourth-order valence-electron chi connectivity index (χ4n) is 20.4. The SMILES string of the molecule is CN1[CH-]N(c2[c-]c(C3(c4cc[n-]n4)c4ncccc4-c4cccnc43)ccc2)c2ncccc21.CN1[CH-]N(c2[c-]c(C3(c4cc[n-]n4)c4ncccc4-c4cccnc43)ccc2)c2ncccc21.CN1[CH-]N(c2[c-]c(C3(c4cc[n-]n4)c4ncccc4-c4cccnc43)ccc2)c2nccnc21.CN1[CH-]N(c2[c-]c(C3(c4cc[n-]n4)c4ncccc4-c4cccnc43)ccc2)c2nccnc21.[Pt].[Pt].[Pt].[Pt]. The van der Waals surface area contributed by atoms with Gasteiger partial charge in [0.05, 0.1) is 67.2 Å². The quantitative estimate of drug-likeness (QED) is 0.103. The van der Waals surface area contributed by atoms with Crippen LogP contribution >= 0.6 is 0 Å². The van der Waals surface area contributed by atoms with E-state index in [4.69, 9.17) is 39.9 Å². The number of aromatic nitrogens is 22. The molecule has 28 rings (SSSR count). The van der Waals surface area contributed by atoms with Gasteiger partial charge in [0, 0.05) is 250 Å². The van der Waals surface area contributed by atoms with E-state index in [1.54, 1.807) is 62.0 Å². The van der Waals surface area contributed by atoms with Crippen molar-refractivity contribution in [3.05, 3.63) is 471 Å². The molecule has 0 fully saturated rings. The average molecular weight is 2540 g/mol. The van der Waals surface area contributed by atoms with Crippen LogP contribution in [0.4, 0.5) is 69.0 Å². The van der Waals surface area contributed by atoms with Crippen LogP contribution in [0.5, 0.6) is 0 Å². The molecule has 0 atom stereocenters. The molecule has 20 aromatic rings. The van der Waals surface area contributed by atoms with Crippen LogP contribution in [-0.4, -0.2) is 118 Å². The van der Waals surface area contributed by atoms with Crippen LogP contribution in [0, 0.1) is 50.9 Å². The van der Waals surface area contributed by atoms with E-state index < -0.39 is 21.7 Å². The predicted molar refractivity (Wildman–Crippen MR) is 509 cm³/mol. The second kappa shape index (κ2) is 36.8. The summed E-state index contributed by atoms with van der Waals surface area (Å²) in [5.41, 5.74) is 24.3. The molecule has 30 nitrogen and oxygen atoms in total. The zero-order chi connectivity index (χ0) is 90.8. The van der Waals surface area contributed by atoms with Gasteiger partial charge in [-0.15, -0.1) is 58.3 Å². The molecular formula is C106H70N30Pt4-12. The van der Waals surface area contributed by atoms with Crippen molar-refractivity contribution in [3.8, 4) is 44.5 Å². The molecule has 0 radical (unpaired) electrons. The van der Waals surface area contributed by atoms with Gasteiger partial charge in [0.15, 0.2) is 0 Å². The zero-order valence-corrected chi connectivity index (χ0v) is 83.3. The molecule has 0 bridgehead atoms. The minimum atomic E-state index is -0.837. The van der Waals surface area contributed by atoms with Crippen LogP contribution in [0.1, 0.15) is 90.6 Å². The summed E-state index contributed by atoms with van der Waals surface area (Å²) >= 11 is 0. The second-order valence-corrected chi connectivity index (χ2v) is 33.1. The Kier molecular flexibility index (Phi) is 23.9. The van der Waals surface area contributed by atoms with Gasteiger partial charge in [0.2, 0.25) is 0 Å². The fraction of sp³-hybridized carbons (Fsp3) is 0.0755. The molecule has 0 saturated heterocycles. The average Bonchev–Trinajstić information content (AvgIpc) is 1.55. The Balaban J connectivity index is 0.000000110. The summed E-state index contributed by atoms with van der Waals surface area (Å²) in [5, 5.41) is 34.8. The molecule has 0 unspecified atom stereocenters. The van der Waals surface area contributed by atoms with E-state index in [-0.39, 0.29) is 84.3 Å². The Morgan fingerprint density at radius 1 is 0.214 bits per heavy atom. The Hall–Kier alpha value is -15.5. The van der Waals surface area contributed by atoms with Gasteiger partial charge >= 0.3 is 0 Å². The van der Waals surface area contributed by atoms with Crippen molar-refractivity contribution in [2.45, 2.75) is 21.7 Å². The molecule has 0 spiro atoms. The summed E-state index contributed by atoms with van der Waals surface area (Å²) < 4.78 is 0. The number of hydrogen-bond acceptors (Lipinski definition) is 26. The van der Waals surface area contributed by atoms with Crippen LogP contribution in [-0.2, 0) is 106 Å². The molecule has 8 aliphatic rings. The van der Waals surface area contributed by atoms with Crippen LogP contribution in [0.3, 0.4) is 0 Å². The monoisotopic (exact) mass is 2540 g/mol. The number of fused-ring (bicyclic) bond motifs is 16. The number of hydrogen-bond donors (Lipinski definition) is 0. The van der Waals surface area contributed by atoms with Crippen molar-refractivity contribution in [2.75, 3.05) is 67.4 Å². The van der Waals surface area contributed by atoms with Crippen molar-refractivity contribution in [1.82, 2.24) is 111 Å². The maximum absolute atomic E-state index is 4.87. The molecule has 20 heterocycles. The van der Waals surface area contributed by atoms with Gasteiger partial charge in [-0.2, -0.15) is 135 Å². The van der Waals surface area contributed by atoms with Crippen molar-refractivity contribution >= 4 is 69.0 Å². The Morgan fingerprint density at radius 3 is 0.657 bits per heavy atom. The zero-order valence-electron chi connectivity index (χ0n) is 74.2. The summed E-state index contributed by atoms with van der Waals surface area (Å²) in [6, 6.07) is 87.2. The predicted octanol–water partition coefficient (Wildman–Crippen LogP) is 15.2. The van der Waals surface area contributed by atoms with Crippen LogP contribution in [0.2, 0.25) is 0 Å². The van der Waals surface area contributed by atoms with E-state index in [0.717, 1.165) is 204 Å². The van der Waals surface area contributed by atoms with E-state index in [9.17, 15) is 0 Å². The van der Waals surface area contributed by atoms with Gasteiger partial charge in [-0.05, 0) is 101 Å². The molecule has 34 heteroatoms. The van der Waals surface area contributed by atoms with Gasteiger partial charge in [0.25, 0.3) is 0 Å². The molecular weight excluding hydrogens is 2470 g/mol. The third kappa shape index (κ3) is 13.9. The van der Waals surface area contributed by atoms with Crippen molar-refractivity contribution in [1.29, 1.82) is 0 Å². The van der Waals surface area contributed by atoms with E-state index in [1.807, 2.05) is 257 Å². The van der Waals surface area contributed by atoms with Gasteiger partial charge in [0.1, 0.15) is 34.9 Å². The molecule has 0 amide bonds. The van der Waals surface area contributed by atoms with E-state index >= 15 is 0 Å². The summed E-state index contributed by atoms with van der Waals surface area (Å²) in [5.74, 6) is 4.82. The van der Waals surface area contributed by atoms with Crippen molar-refractivity contribution < 1.29 is 84.3 Å². The fourth-order valence-corrected chi connectivity index (χ4v) is 20.4. The normalized spacial score (nSPS) is 14.8. The van der Waals surface area contributed by atoms with Gasteiger partial charge in [-0.3, -0.25) is 39.9 Å². The number of nitrogens with zero attached hydrogens (tertiary/aromatic N) is 30. The summed E-state index contributed by atoms with van der Waals surface area (Å²) in [4.78, 5) is 82.3. The Labute approximate surface area is 861 Å². The summed E-state index contributed by atoms with van der Waals surface area (Å²) in [7, 11) is 7.94. The standard InChI is InChI=1S/2C27H18N7.2C26H17N8.4Pt/c2*1-33-17-34(26-22(33)10-5-14-30-26)19-7-2-6-18(16-19)27(23-11-15-31-32-23)24-20(8-3-12-28-24)21-9-4-13-29-25(21)27;2*1-33-16-34(25-24(33)29-13-14-30-25)18-6-2-5-17(15-18)26(21-9-12-31-32-21)22-19(7-3-10-27-22)20-8-4-11-28-23(20)26;;;;/h2*2-15,17H,1H3;2*2-14,16H,1H3;;;;/q4*-3;;;;. The molecule has 140 heavy (non-hydrogen) atoms. The smallest absolute Gasteiger partial charge is 0.143 e. The molecule has 4 aromatic carbocycles. The van der Waals surface area contributed by atoms with Crippen molar-refractivity contribution in [2.24, 2.45) is 0 Å². The minimum absolute atomic E-state index is 0. The van der Waals surface area contributed by atoms with Crippen LogP contribution in [0.25, 0.3) is 44.5 Å². The third-order valence-electron chi connectivity index (χ3n) is 26.0. The first-order valence-corrected chi connectivity index (χ1v) is 43.7. The first-order valence-electron chi connectivity index (χ1n) is 43.7. The first kappa shape index (κ1) is 91.0. The molecule has 16 aromatic heterocycles. The van der Waals surface area contributed by atoms with Gasteiger partial charge in [-0.1, -0.05) is 72.8 Å². The van der Waals surface area contributed by atoms with E-state index in [2.05, 4.69) is 199 Å². The Morgan fingerprint density at radius 2 is 0.421 bits per heavy atom. The molecule has 0 saturated carbocycles. The Bertz CT molecular complexity index is 6880. The van der Waals surface area contributed by atoms with Crippen molar-refractivity contribution in [3.63, 3.8) is 0 Å². The third-order valence-corrected chi connectivity index (χ3v) is 26.0. The van der Waals surface area contributed by atoms with Crippen LogP contribution in [0.15, 0.2) is 330 Å². The van der Waals surface area contributed by atoms with Gasteiger partial charge in [-0.25, -0.2) is 29.9 Å². The number of anilines is 12. The molecule has 0 N–H and O–H groups in total. The summed E-state index contributed by atoms with van der Waals surface area (Å²) in [6.45, 7) is 7.97. The van der Waals surface area contributed by atoms with Crippen LogP contribution < -0.4 is 59.6 Å². The number of rotatable bonds is 12. The maximum Gasteiger partial charge on any atom is 0.143 e. The number of pyridine rings is 10. The van der Waals surface area contributed by atoms with E-state index in [0.29, 0.717) is 0 Å². The molecule has 4 aliphatic heterocycles. The minimum Gasteiger partial charge on any atom is -0.581 e. The topological polar surface area (TPSA) is 314 Å². The van der Waals surface area contributed by atoms with E-state index in [1.165, 1.54) is 0 Å².